The summed E-state index contributed by atoms with van der Waals surface area (Å²) in [6.07, 6.45) is 4.93. The van der Waals surface area contributed by atoms with E-state index in [1.54, 1.807) is 0 Å². The number of rotatable bonds is 2. The molecule has 2 saturated heterocycles. The van der Waals surface area contributed by atoms with Gasteiger partial charge in [0.05, 0.1) is 6.10 Å². The number of carbonyl (C=O) groups is 1. The van der Waals surface area contributed by atoms with Crippen molar-refractivity contribution in [2.24, 2.45) is 17.8 Å². The van der Waals surface area contributed by atoms with E-state index in [1.807, 2.05) is 0 Å². The Morgan fingerprint density at radius 2 is 2.13 bits per heavy atom. The van der Waals surface area contributed by atoms with E-state index in [0.717, 1.165) is 44.7 Å². The highest BCUT2D eigenvalue weighted by atomic mass is 16.5. The van der Waals surface area contributed by atoms with Gasteiger partial charge in [-0.15, -0.1) is 0 Å². The molecule has 1 N–H and O–H groups in total. The summed E-state index contributed by atoms with van der Waals surface area (Å²) in [5.74, 6) is 1.67. The Bertz CT molecular complexity index is 220. The molecule has 2 heterocycles. The topological polar surface area (TPSA) is 38.3 Å². The van der Waals surface area contributed by atoms with E-state index in [2.05, 4.69) is 12.2 Å². The van der Waals surface area contributed by atoms with Crippen LogP contribution in [0.1, 0.15) is 26.2 Å². The van der Waals surface area contributed by atoms with Crippen LogP contribution in [0.15, 0.2) is 0 Å². The Hall–Kier alpha value is -0.410. The summed E-state index contributed by atoms with van der Waals surface area (Å²) in [5, 5.41) is 3.38. The van der Waals surface area contributed by atoms with Gasteiger partial charge in [-0.1, -0.05) is 0 Å². The Morgan fingerprint density at radius 1 is 1.27 bits per heavy atom. The maximum atomic E-state index is 10.8. The summed E-state index contributed by atoms with van der Waals surface area (Å²) in [5.41, 5.74) is 0. The van der Waals surface area contributed by atoms with E-state index >= 15 is 0 Å². The molecule has 2 aliphatic heterocycles. The zero-order valence-electron chi connectivity index (χ0n) is 9.45. The molecular weight excluding hydrogens is 190 g/mol. The smallest absolute Gasteiger partial charge is 0.124 e. The fourth-order valence-corrected chi connectivity index (χ4v) is 2.93. The second kappa shape index (κ2) is 5.08. The molecule has 3 heteroatoms. The van der Waals surface area contributed by atoms with Crippen molar-refractivity contribution in [2.45, 2.75) is 32.3 Å². The van der Waals surface area contributed by atoms with Crippen molar-refractivity contribution in [1.29, 1.82) is 0 Å². The standard InChI is InChI=1S/C12H21NO2/c1-9-4-11(2-3-15-9)12-5-10(8-14)6-13-7-12/h8-13H,2-7H2,1H3. The van der Waals surface area contributed by atoms with Crippen LogP contribution in [0.4, 0.5) is 0 Å². The molecule has 2 fully saturated rings. The molecule has 4 unspecified atom stereocenters. The highest BCUT2D eigenvalue weighted by Crippen LogP contribution is 2.32. The average molecular weight is 211 g/mol. The van der Waals surface area contributed by atoms with Gasteiger partial charge in [-0.05, 0) is 44.6 Å². The first kappa shape index (κ1) is 11.1. The number of hydrogen-bond acceptors (Lipinski definition) is 3. The molecule has 0 amide bonds. The van der Waals surface area contributed by atoms with Crippen LogP contribution in [0.25, 0.3) is 0 Å². The van der Waals surface area contributed by atoms with Gasteiger partial charge >= 0.3 is 0 Å². The molecule has 0 bridgehead atoms. The molecule has 0 spiro atoms. The van der Waals surface area contributed by atoms with Gasteiger partial charge in [0.1, 0.15) is 6.29 Å². The van der Waals surface area contributed by atoms with Crippen molar-refractivity contribution in [3.05, 3.63) is 0 Å². The largest absolute Gasteiger partial charge is 0.378 e. The van der Waals surface area contributed by atoms with Gasteiger partial charge in [0.2, 0.25) is 0 Å². The fraction of sp³-hybridized carbons (Fsp3) is 0.917. The number of hydrogen-bond donors (Lipinski definition) is 1. The van der Waals surface area contributed by atoms with Gasteiger partial charge in [-0.2, -0.15) is 0 Å². The van der Waals surface area contributed by atoms with Gasteiger partial charge in [-0.25, -0.2) is 0 Å². The Morgan fingerprint density at radius 3 is 2.87 bits per heavy atom. The molecule has 3 nitrogen and oxygen atoms in total. The Kier molecular flexibility index (Phi) is 3.76. The molecule has 2 aliphatic rings. The molecular formula is C12H21NO2. The van der Waals surface area contributed by atoms with Crippen molar-refractivity contribution in [2.75, 3.05) is 19.7 Å². The first-order chi connectivity index (χ1) is 7.29. The molecule has 86 valence electrons. The number of nitrogens with one attached hydrogen (secondary N) is 1. The Balaban J connectivity index is 1.88. The van der Waals surface area contributed by atoms with Gasteiger partial charge in [-0.3, -0.25) is 0 Å². The molecule has 0 aromatic carbocycles. The van der Waals surface area contributed by atoms with E-state index in [-0.39, 0.29) is 5.92 Å². The third-order valence-corrected chi connectivity index (χ3v) is 3.80. The lowest BCUT2D eigenvalue weighted by Crippen LogP contribution is -2.42. The molecule has 0 radical (unpaired) electrons. The monoisotopic (exact) mass is 211 g/mol. The SMILES string of the molecule is CC1CC(C2CNCC(C=O)C2)CCO1. The van der Waals surface area contributed by atoms with Crippen LogP contribution >= 0.6 is 0 Å². The summed E-state index contributed by atoms with van der Waals surface area (Å²) in [4.78, 5) is 10.8. The van der Waals surface area contributed by atoms with Gasteiger partial charge < -0.3 is 14.8 Å². The molecule has 0 aromatic rings. The normalized spacial score (nSPS) is 42.5. The predicted octanol–water partition coefficient (Wildman–Crippen LogP) is 1.23. The second-order valence-electron chi connectivity index (χ2n) is 5.02. The molecule has 4 atom stereocenters. The minimum absolute atomic E-state index is 0.238. The molecule has 15 heavy (non-hydrogen) atoms. The van der Waals surface area contributed by atoms with E-state index in [9.17, 15) is 4.79 Å². The summed E-state index contributed by atoms with van der Waals surface area (Å²) < 4.78 is 5.56. The highest BCUT2D eigenvalue weighted by molar-refractivity contribution is 5.54. The second-order valence-corrected chi connectivity index (χ2v) is 5.02. The van der Waals surface area contributed by atoms with Crippen LogP contribution in [-0.4, -0.2) is 32.1 Å². The molecule has 0 aromatic heterocycles. The zero-order valence-corrected chi connectivity index (χ0v) is 9.45. The summed E-state index contributed by atoms with van der Waals surface area (Å²) in [7, 11) is 0. The number of ether oxygens (including phenoxy) is 1. The van der Waals surface area contributed by atoms with Gasteiger partial charge in [0.25, 0.3) is 0 Å². The lowest BCUT2D eigenvalue weighted by atomic mass is 9.77. The summed E-state index contributed by atoms with van der Waals surface area (Å²) >= 11 is 0. The summed E-state index contributed by atoms with van der Waals surface area (Å²) in [6.45, 7) is 5.01. The van der Waals surface area contributed by atoms with Crippen LogP contribution < -0.4 is 5.32 Å². The number of piperidine rings is 1. The van der Waals surface area contributed by atoms with Crippen molar-refractivity contribution >= 4 is 6.29 Å². The minimum atomic E-state index is 0.238. The lowest BCUT2D eigenvalue weighted by Gasteiger charge is -2.37. The third kappa shape index (κ3) is 2.79. The van der Waals surface area contributed by atoms with Crippen LogP contribution in [0.3, 0.4) is 0 Å². The maximum Gasteiger partial charge on any atom is 0.124 e. The molecule has 0 saturated carbocycles. The van der Waals surface area contributed by atoms with E-state index in [4.69, 9.17) is 4.74 Å². The van der Waals surface area contributed by atoms with Crippen LogP contribution in [0.2, 0.25) is 0 Å². The van der Waals surface area contributed by atoms with Crippen LogP contribution in [0.5, 0.6) is 0 Å². The van der Waals surface area contributed by atoms with Crippen molar-refractivity contribution < 1.29 is 9.53 Å². The molecule has 0 aliphatic carbocycles. The van der Waals surface area contributed by atoms with E-state index in [0.29, 0.717) is 12.0 Å². The van der Waals surface area contributed by atoms with E-state index < -0.39 is 0 Å². The highest BCUT2D eigenvalue weighted by Gasteiger charge is 2.31. The Labute approximate surface area is 91.6 Å². The first-order valence-corrected chi connectivity index (χ1v) is 6.07. The third-order valence-electron chi connectivity index (χ3n) is 3.80. The van der Waals surface area contributed by atoms with Gasteiger partial charge in [0.15, 0.2) is 0 Å². The van der Waals surface area contributed by atoms with Crippen LogP contribution in [-0.2, 0) is 9.53 Å². The first-order valence-electron chi connectivity index (χ1n) is 6.07. The maximum absolute atomic E-state index is 10.8. The zero-order chi connectivity index (χ0) is 10.7. The quantitative estimate of drug-likeness (QED) is 0.698. The van der Waals surface area contributed by atoms with E-state index in [1.165, 1.54) is 6.42 Å². The van der Waals surface area contributed by atoms with Crippen LogP contribution in [0, 0.1) is 17.8 Å². The number of aldehydes is 1. The minimum Gasteiger partial charge on any atom is -0.378 e. The summed E-state index contributed by atoms with van der Waals surface area (Å²) in [6, 6.07) is 0. The van der Waals surface area contributed by atoms with Crippen molar-refractivity contribution in [3.63, 3.8) is 0 Å². The predicted molar refractivity (Wildman–Crippen MR) is 58.7 cm³/mol. The van der Waals surface area contributed by atoms with Crippen molar-refractivity contribution in [3.8, 4) is 0 Å². The lowest BCUT2D eigenvalue weighted by molar-refractivity contribution is -0.112. The fourth-order valence-electron chi connectivity index (χ4n) is 2.93. The molecule has 2 rings (SSSR count). The average Bonchev–Trinajstić information content (AvgIpc) is 2.29. The number of carbonyl (C=O) groups excluding carboxylic acids is 1. The van der Waals surface area contributed by atoms with Crippen molar-refractivity contribution in [1.82, 2.24) is 5.32 Å². The van der Waals surface area contributed by atoms with Gasteiger partial charge in [0, 0.05) is 19.1 Å².